The van der Waals surface area contributed by atoms with E-state index in [1.165, 1.54) is 31.4 Å². The van der Waals surface area contributed by atoms with Crippen LogP contribution in [0.5, 0.6) is 11.5 Å². The van der Waals surface area contributed by atoms with Gasteiger partial charge >= 0.3 is 0 Å². The van der Waals surface area contributed by atoms with E-state index < -0.39 is 10.8 Å². The number of amides is 1. The minimum absolute atomic E-state index is 0.00402. The summed E-state index contributed by atoms with van der Waals surface area (Å²) in [5.74, 6) is 0.732. The highest BCUT2D eigenvalue weighted by Gasteiger charge is 2.13. The van der Waals surface area contributed by atoms with Crippen molar-refractivity contribution in [2.45, 2.75) is 20.0 Å². The van der Waals surface area contributed by atoms with Crippen LogP contribution in [0.3, 0.4) is 0 Å². The maximum Gasteiger partial charge on any atom is 0.289 e. The Kier molecular flexibility index (Phi) is 6.79. The third-order valence-electron chi connectivity index (χ3n) is 3.39. The van der Waals surface area contributed by atoms with E-state index >= 15 is 0 Å². The number of methoxy groups -OCH3 is 1. The highest BCUT2D eigenvalue weighted by atomic mass is 35.5. The molecule has 8 heteroatoms. The zero-order valence-corrected chi connectivity index (χ0v) is 15.8. The fourth-order valence-electron chi connectivity index (χ4n) is 2.23. The van der Waals surface area contributed by atoms with Gasteiger partial charge in [-0.15, -0.1) is 0 Å². The second-order valence-electron chi connectivity index (χ2n) is 5.82. The Labute approximate surface area is 161 Å². The molecule has 1 amide bonds. The van der Waals surface area contributed by atoms with Gasteiger partial charge in [-0.1, -0.05) is 17.7 Å². The van der Waals surface area contributed by atoms with Gasteiger partial charge in [0.1, 0.15) is 5.02 Å². The summed E-state index contributed by atoms with van der Waals surface area (Å²) >= 11 is 5.75. The van der Waals surface area contributed by atoms with Crippen LogP contribution in [0, 0.1) is 10.1 Å². The highest BCUT2D eigenvalue weighted by Crippen LogP contribution is 2.30. The first kappa shape index (κ1) is 20.3. The molecule has 0 aliphatic heterocycles. The molecule has 27 heavy (non-hydrogen) atoms. The predicted octanol–water partition coefficient (Wildman–Crippen LogP) is 4.70. The first-order chi connectivity index (χ1) is 12.8. The quantitative estimate of drug-likeness (QED) is 0.420. The third kappa shape index (κ3) is 5.72. The fourth-order valence-corrected chi connectivity index (χ4v) is 2.41. The van der Waals surface area contributed by atoms with Crippen molar-refractivity contribution in [2.75, 3.05) is 12.4 Å². The molecule has 142 valence electrons. The molecule has 0 heterocycles. The third-order valence-corrected chi connectivity index (χ3v) is 3.71. The summed E-state index contributed by atoms with van der Waals surface area (Å²) in [5, 5.41) is 13.5. The second-order valence-corrected chi connectivity index (χ2v) is 6.23. The average molecular weight is 391 g/mol. The van der Waals surface area contributed by atoms with Gasteiger partial charge in [0.05, 0.1) is 18.1 Å². The van der Waals surface area contributed by atoms with E-state index in [4.69, 9.17) is 21.1 Å². The molecule has 2 aromatic carbocycles. The normalized spacial score (nSPS) is 10.9. The molecule has 0 aromatic heterocycles. The summed E-state index contributed by atoms with van der Waals surface area (Å²) in [7, 11) is 1.54. The number of nitrogens with one attached hydrogen (secondary N) is 1. The number of carbonyl (C=O) groups excluding carboxylic acids is 1. The summed E-state index contributed by atoms with van der Waals surface area (Å²) < 4.78 is 10.9. The summed E-state index contributed by atoms with van der Waals surface area (Å²) in [5.41, 5.74) is 0.739. The van der Waals surface area contributed by atoms with Crippen LogP contribution in [0.1, 0.15) is 19.4 Å². The minimum Gasteiger partial charge on any atom is -0.493 e. The van der Waals surface area contributed by atoms with Crippen molar-refractivity contribution < 1.29 is 19.2 Å². The fraction of sp³-hybridized carbons (Fsp3) is 0.211. The summed E-state index contributed by atoms with van der Waals surface area (Å²) in [6, 6.07) is 9.35. The molecule has 0 aliphatic rings. The van der Waals surface area contributed by atoms with Gasteiger partial charge in [0.15, 0.2) is 11.5 Å². The summed E-state index contributed by atoms with van der Waals surface area (Å²) in [6.07, 6.45) is 2.92. The highest BCUT2D eigenvalue weighted by molar-refractivity contribution is 6.32. The number of carbonyl (C=O) groups is 1. The standard InChI is InChI=1S/C19H19ClN2O5/c1-12(2)27-17-8-4-13(10-18(17)26-3)5-9-19(23)21-14-6-7-15(20)16(11-14)22(24)25/h4-12H,1-3H3,(H,21,23). The Bertz CT molecular complexity index is 880. The molecule has 7 nitrogen and oxygen atoms in total. The first-order valence-electron chi connectivity index (χ1n) is 8.08. The Morgan fingerprint density at radius 3 is 2.59 bits per heavy atom. The first-order valence-corrected chi connectivity index (χ1v) is 8.45. The summed E-state index contributed by atoms with van der Waals surface area (Å²) in [6.45, 7) is 3.83. The molecule has 0 radical (unpaired) electrons. The molecular weight excluding hydrogens is 372 g/mol. The van der Waals surface area contributed by atoms with Gasteiger partial charge in [-0.25, -0.2) is 0 Å². The van der Waals surface area contributed by atoms with Crippen LogP contribution < -0.4 is 14.8 Å². The number of hydrogen-bond donors (Lipinski definition) is 1. The SMILES string of the molecule is COc1cc(C=CC(=O)Nc2ccc(Cl)c([N+](=O)[O-])c2)ccc1OC(C)C. The number of nitro benzene ring substituents is 1. The molecular formula is C19H19ClN2O5. The number of rotatable bonds is 7. The van der Waals surface area contributed by atoms with E-state index in [1.807, 2.05) is 13.8 Å². The lowest BCUT2D eigenvalue weighted by molar-refractivity contribution is -0.384. The van der Waals surface area contributed by atoms with Gasteiger partial charge in [-0.2, -0.15) is 0 Å². The number of ether oxygens (including phenoxy) is 2. The van der Waals surface area contributed by atoms with Crippen molar-refractivity contribution in [1.82, 2.24) is 0 Å². The Morgan fingerprint density at radius 2 is 1.96 bits per heavy atom. The molecule has 0 saturated carbocycles. The molecule has 0 saturated heterocycles. The van der Waals surface area contributed by atoms with Crippen molar-refractivity contribution in [3.8, 4) is 11.5 Å². The van der Waals surface area contributed by atoms with Gasteiger partial charge < -0.3 is 14.8 Å². The van der Waals surface area contributed by atoms with E-state index in [0.717, 1.165) is 5.56 Å². The van der Waals surface area contributed by atoms with Crippen molar-refractivity contribution in [2.24, 2.45) is 0 Å². The van der Waals surface area contributed by atoms with E-state index in [9.17, 15) is 14.9 Å². The number of halogens is 1. The molecule has 0 fully saturated rings. The molecule has 0 atom stereocenters. The smallest absolute Gasteiger partial charge is 0.289 e. The van der Waals surface area contributed by atoms with Crippen LogP contribution in [-0.2, 0) is 4.79 Å². The molecule has 2 aromatic rings. The van der Waals surface area contributed by atoms with Crippen LogP contribution >= 0.6 is 11.6 Å². The number of nitrogens with zero attached hydrogens (tertiary/aromatic N) is 1. The number of hydrogen-bond acceptors (Lipinski definition) is 5. The van der Waals surface area contributed by atoms with E-state index in [-0.39, 0.29) is 22.5 Å². The van der Waals surface area contributed by atoms with E-state index in [0.29, 0.717) is 11.5 Å². The van der Waals surface area contributed by atoms with Crippen molar-refractivity contribution in [3.05, 3.63) is 63.2 Å². The molecule has 0 aliphatic carbocycles. The van der Waals surface area contributed by atoms with Crippen LogP contribution in [0.25, 0.3) is 6.08 Å². The number of benzene rings is 2. The van der Waals surface area contributed by atoms with Crippen LogP contribution in [0.15, 0.2) is 42.5 Å². The van der Waals surface area contributed by atoms with Crippen LogP contribution in [0.2, 0.25) is 5.02 Å². The van der Waals surface area contributed by atoms with E-state index in [2.05, 4.69) is 5.32 Å². The zero-order chi connectivity index (χ0) is 20.0. The van der Waals surface area contributed by atoms with Gasteiger partial charge in [-0.3, -0.25) is 14.9 Å². The monoisotopic (exact) mass is 390 g/mol. The topological polar surface area (TPSA) is 90.7 Å². The predicted molar refractivity (Wildman–Crippen MR) is 105 cm³/mol. The lowest BCUT2D eigenvalue weighted by Crippen LogP contribution is -2.08. The zero-order valence-electron chi connectivity index (χ0n) is 15.1. The molecule has 1 N–H and O–H groups in total. The average Bonchev–Trinajstić information content (AvgIpc) is 2.61. The molecule has 0 unspecified atom stereocenters. The minimum atomic E-state index is -0.610. The lowest BCUT2D eigenvalue weighted by atomic mass is 10.2. The lowest BCUT2D eigenvalue weighted by Gasteiger charge is -2.13. The second kappa shape index (κ2) is 9.05. The molecule has 0 spiro atoms. The van der Waals surface area contributed by atoms with Crippen LogP contribution in [0.4, 0.5) is 11.4 Å². The Hall–Kier alpha value is -3.06. The van der Waals surface area contributed by atoms with Crippen molar-refractivity contribution in [3.63, 3.8) is 0 Å². The van der Waals surface area contributed by atoms with E-state index in [1.54, 1.807) is 24.3 Å². The van der Waals surface area contributed by atoms with Gasteiger partial charge in [0, 0.05) is 17.8 Å². The Morgan fingerprint density at radius 1 is 1.22 bits per heavy atom. The Balaban J connectivity index is 2.10. The molecule has 0 bridgehead atoms. The van der Waals surface area contributed by atoms with Crippen molar-refractivity contribution in [1.29, 1.82) is 0 Å². The summed E-state index contributed by atoms with van der Waals surface area (Å²) in [4.78, 5) is 22.3. The van der Waals surface area contributed by atoms with Crippen molar-refractivity contribution >= 4 is 35.0 Å². The maximum atomic E-state index is 12.1. The van der Waals surface area contributed by atoms with Gasteiger partial charge in [0.25, 0.3) is 5.69 Å². The van der Waals surface area contributed by atoms with Crippen LogP contribution in [-0.4, -0.2) is 24.0 Å². The molecule has 2 rings (SSSR count). The van der Waals surface area contributed by atoms with Gasteiger partial charge in [-0.05, 0) is 49.8 Å². The largest absolute Gasteiger partial charge is 0.493 e. The maximum absolute atomic E-state index is 12.1. The van der Waals surface area contributed by atoms with Gasteiger partial charge in [0.2, 0.25) is 5.91 Å². The number of anilines is 1. The number of nitro groups is 1.